The highest BCUT2D eigenvalue weighted by molar-refractivity contribution is 6.32. The summed E-state index contributed by atoms with van der Waals surface area (Å²) in [7, 11) is 1.65. The van der Waals surface area contributed by atoms with Crippen LogP contribution in [0.1, 0.15) is 49.7 Å². The fraction of sp³-hybridized carbons (Fsp3) is 0.520. The molecule has 0 radical (unpaired) electrons. The summed E-state index contributed by atoms with van der Waals surface area (Å²) in [5.74, 6) is 2.56. The maximum atomic E-state index is 11.0. The van der Waals surface area contributed by atoms with Gasteiger partial charge in [-0.05, 0) is 73.6 Å². The van der Waals surface area contributed by atoms with Gasteiger partial charge in [0.2, 0.25) is 0 Å². The van der Waals surface area contributed by atoms with Crippen LogP contribution in [-0.2, 0) is 13.2 Å². The van der Waals surface area contributed by atoms with Crippen LogP contribution in [0.5, 0.6) is 11.5 Å². The van der Waals surface area contributed by atoms with E-state index >= 15 is 0 Å². The fourth-order valence-electron chi connectivity index (χ4n) is 6.46. The summed E-state index contributed by atoms with van der Waals surface area (Å²) in [6, 6.07) is 14.0. The van der Waals surface area contributed by atoms with Crippen LogP contribution < -0.4 is 14.8 Å². The topological polar surface area (TPSA) is 50.7 Å². The van der Waals surface area contributed by atoms with Crippen LogP contribution in [0, 0.1) is 11.8 Å². The first-order chi connectivity index (χ1) is 14.5. The summed E-state index contributed by atoms with van der Waals surface area (Å²) < 4.78 is 11.6. The number of aliphatic hydroxyl groups is 1. The lowest BCUT2D eigenvalue weighted by atomic mass is 9.51. The molecule has 5 heteroatoms. The molecule has 0 heterocycles. The average Bonchev–Trinajstić information content (AvgIpc) is 2.70. The van der Waals surface area contributed by atoms with Crippen molar-refractivity contribution in [3.05, 3.63) is 58.6 Å². The highest BCUT2D eigenvalue weighted by Gasteiger charge is 2.56. The molecule has 0 amide bonds. The van der Waals surface area contributed by atoms with Crippen molar-refractivity contribution in [3.8, 4) is 11.5 Å². The molecule has 6 rings (SSSR count). The monoisotopic (exact) mass is 427 g/mol. The van der Waals surface area contributed by atoms with E-state index in [0.29, 0.717) is 41.5 Å². The smallest absolute Gasteiger partial charge is 0.180 e. The van der Waals surface area contributed by atoms with Gasteiger partial charge >= 0.3 is 0 Å². The highest BCUT2D eigenvalue weighted by atomic mass is 35.5. The second kappa shape index (κ2) is 7.74. The molecule has 0 aliphatic heterocycles. The Hall–Kier alpha value is -1.75. The molecule has 2 aromatic rings. The summed E-state index contributed by atoms with van der Waals surface area (Å²) >= 11 is 6.58. The van der Waals surface area contributed by atoms with E-state index in [1.165, 1.54) is 19.3 Å². The highest BCUT2D eigenvalue weighted by Crippen LogP contribution is 2.57. The zero-order chi connectivity index (χ0) is 20.8. The Morgan fingerprint density at radius 1 is 1.07 bits per heavy atom. The predicted molar refractivity (Wildman–Crippen MR) is 118 cm³/mol. The van der Waals surface area contributed by atoms with E-state index in [1.807, 2.05) is 42.5 Å². The average molecular weight is 428 g/mol. The zero-order valence-corrected chi connectivity index (χ0v) is 18.3. The Morgan fingerprint density at radius 3 is 2.47 bits per heavy atom. The van der Waals surface area contributed by atoms with Gasteiger partial charge < -0.3 is 19.9 Å². The molecule has 2 aromatic carbocycles. The van der Waals surface area contributed by atoms with Gasteiger partial charge in [-0.1, -0.05) is 41.9 Å². The van der Waals surface area contributed by atoms with Crippen LogP contribution in [-0.4, -0.2) is 23.4 Å². The fourth-order valence-corrected chi connectivity index (χ4v) is 6.74. The molecule has 4 fully saturated rings. The number of ether oxygens (including phenoxy) is 2. The van der Waals surface area contributed by atoms with Gasteiger partial charge in [-0.3, -0.25) is 0 Å². The number of hydrogen-bond donors (Lipinski definition) is 2. The molecule has 2 N–H and O–H groups in total. The van der Waals surface area contributed by atoms with Crippen LogP contribution in [0.2, 0.25) is 5.02 Å². The third kappa shape index (κ3) is 3.93. The molecule has 160 valence electrons. The van der Waals surface area contributed by atoms with Crippen molar-refractivity contribution in [2.75, 3.05) is 7.11 Å². The standard InChI is InChI=1S/C25H30ClNO3/c1-29-22-9-18(8-21(26)23(22)30-15-17-5-3-2-4-6-17)14-27-24-10-19-7-20(11-24)13-25(28,12-19)16-24/h2-6,8-9,19-20,27-28H,7,10-16H2,1H3. The third-order valence-corrected chi connectivity index (χ3v) is 7.49. The first kappa shape index (κ1) is 20.2. The Labute approximate surface area is 183 Å². The van der Waals surface area contributed by atoms with Crippen molar-refractivity contribution in [3.63, 3.8) is 0 Å². The van der Waals surface area contributed by atoms with Gasteiger partial charge in [-0.15, -0.1) is 0 Å². The van der Waals surface area contributed by atoms with Gasteiger partial charge in [-0.25, -0.2) is 0 Å². The van der Waals surface area contributed by atoms with E-state index in [0.717, 1.165) is 30.4 Å². The van der Waals surface area contributed by atoms with E-state index in [4.69, 9.17) is 21.1 Å². The van der Waals surface area contributed by atoms with Crippen LogP contribution in [0.25, 0.3) is 0 Å². The Bertz CT molecular complexity index is 902. The molecule has 0 spiro atoms. The Morgan fingerprint density at radius 2 is 1.80 bits per heavy atom. The summed E-state index contributed by atoms with van der Waals surface area (Å²) in [5, 5.41) is 15.4. The van der Waals surface area contributed by atoms with E-state index in [-0.39, 0.29) is 5.54 Å². The predicted octanol–water partition coefficient (Wildman–Crippen LogP) is 5.10. The van der Waals surface area contributed by atoms with Crippen molar-refractivity contribution < 1.29 is 14.6 Å². The quantitative estimate of drug-likeness (QED) is 0.645. The molecule has 4 saturated carbocycles. The van der Waals surface area contributed by atoms with Gasteiger partial charge in [0.05, 0.1) is 17.7 Å². The maximum Gasteiger partial charge on any atom is 0.180 e. The molecule has 30 heavy (non-hydrogen) atoms. The van der Waals surface area contributed by atoms with E-state index in [9.17, 15) is 5.11 Å². The Kier molecular flexibility index (Phi) is 5.20. The van der Waals surface area contributed by atoms with E-state index in [1.54, 1.807) is 7.11 Å². The van der Waals surface area contributed by atoms with Crippen molar-refractivity contribution in [1.82, 2.24) is 5.32 Å². The lowest BCUT2D eigenvalue weighted by Gasteiger charge is -2.60. The molecule has 4 nitrogen and oxygen atoms in total. The number of methoxy groups -OCH3 is 1. The first-order valence-corrected chi connectivity index (χ1v) is 11.3. The minimum absolute atomic E-state index is 0.0566. The van der Waals surface area contributed by atoms with E-state index < -0.39 is 5.60 Å². The first-order valence-electron chi connectivity index (χ1n) is 11.0. The molecule has 4 aliphatic carbocycles. The number of rotatable bonds is 7. The summed E-state index contributed by atoms with van der Waals surface area (Å²) in [6.45, 7) is 1.16. The maximum absolute atomic E-state index is 11.0. The zero-order valence-electron chi connectivity index (χ0n) is 17.5. The van der Waals surface area contributed by atoms with Crippen LogP contribution in [0.4, 0.5) is 0 Å². The molecule has 4 bridgehead atoms. The normalized spacial score (nSPS) is 31.7. The van der Waals surface area contributed by atoms with Crippen LogP contribution >= 0.6 is 11.6 Å². The van der Waals surface area contributed by atoms with E-state index in [2.05, 4.69) is 5.32 Å². The van der Waals surface area contributed by atoms with Gasteiger partial charge in [0.1, 0.15) is 6.61 Å². The molecular weight excluding hydrogens is 398 g/mol. The van der Waals surface area contributed by atoms with Gasteiger partial charge in [0.25, 0.3) is 0 Å². The number of hydrogen-bond acceptors (Lipinski definition) is 4. The minimum Gasteiger partial charge on any atom is -0.493 e. The van der Waals surface area contributed by atoms with Crippen molar-refractivity contribution in [2.24, 2.45) is 11.8 Å². The molecule has 2 atom stereocenters. The van der Waals surface area contributed by atoms with Crippen molar-refractivity contribution >= 4 is 11.6 Å². The number of benzene rings is 2. The lowest BCUT2D eigenvalue weighted by molar-refractivity contribution is -0.142. The number of halogens is 1. The molecule has 0 saturated heterocycles. The van der Waals surface area contributed by atoms with Gasteiger partial charge in [0.15, 0.2) is 11.5 Å². The number of nitrogens with one attached hydrogen (secondary N) is 1. The minimum atomic E-state index is -0.457. The second-order valence-electron chi connectivity index (χ2n) is 9.70. The SMILES string of the molecule is COc1cc(CNC23CC4CC(CC(O)(C4)C2)C3)cc(Cl)c1OCc1ccccc1. The van der Waals surface area contributed by atoms with Gasteiger partial charge in [-0.2, -0.15) is 0 Å². The Balaban J connectivity index is 1.29. The summed E-state index contributed by atoms with van der Waals surface area (Å²) in [4.78, 5) is 0. The van der Waals surface area contributed by atoms with Crippen LogP contribution in [0.3, 0.4) is 0 Å². The van der Waals surface area contributed by atoms with Crippen LogP contribution in [0.15, 0.2) is 42.5 Å². The van der Waals surface area contributed by atoms with Crippen molar-refractivity contribution in [2.45, 2.75) is 62.8 Å². The third-order valence-electron chi connectivity index (χ3n) is 7.21. The largest absolute Gasteiger partial charge is 0.493 e. The molecule has 0 aromatic heterocycles. The summed E-state index contributed by atoms with van der Waals surface area (Å²) in [6.07, 6.45) is 6.49. The lowest BCUT2D eigenvalue weighted by Crippen LogP contribution is -2.64. The van der Waals surface area contributed by atoms with Gasteiger partial charge in [0, 0.05) is 12.1 Å². The van der Waals surface area contributed by atoms with Crippen molar-refractivity contribution in [1.29, 1.82) is 0 Å². The second-order valence-corrected chi connectivity index (χ2v) is 10.1. The molecule has 4 aliphatic rings. The molecular formula is C25H30ClNO3. The summed E-state index contributed by atoms with van der Waals surface area (Å²) in [5.41, 5.74) is 1.76. The molecule has 2 unspecified atom stereocenters.